The number of nitrogens with zero attached hydrogens (tertiary/aromatic N) is 7. The first kappa shape index (κ1) is 23.9. The molecule has 3 N–H and O–H groups in total. The Morgan fingerprint density at radius 3 is 2.73 bits per heavy atom. The lowest BCUT2D eigenvalue weighted by Crippen LogP contribution is -2.26. The molecule has 1 aliphatic heterocycles. The highest BCUT2D eigenvalue weighted by atomic mass is 35.5. The van der Waals surface area contributed by atoms with E-state index in [1.807, 2.05) is 0 Å². The van der Waals surface area contributed by atoms with Gasteiger partial charge in [-0.2, -0.15) is 9.78 Å². The average molecular weight is 478 g/mol. The molecule has 0 unspecified atom stereocenters. The number of benzene rings is 1. The summed E-state index contributed by atoms with van der Waals surface area (Å²) >= 11 is 0. The summed E-state index contributed by atoms with van der Waals surface area (Å²) in [6.07, 6.45) is 3.67. The van der Waals surface area contributed by atoms with Crippen LogP contribution < -0.4 is 20.6 Å². The van der Waals surface area contributed by atoms with Crippen LogP contribution in [0.25, 0.3) is 5.82 Å². The van der Waals surface area contributed by atoms with Crippen LogP contribution in [0.15, 0.2) is 27.9 Å². The zero-order valence-electron chi connectivity index (χ0n) is 18.1. The number of likely N-dealkylation sites (tertiary alicyclic amines) is 1. The number of hydrogen-bond donors (Lipinski definition) is 2. The van der Waals surface area contributed by atoms with Crippen LogP contribution in [0, 0.1) is 0 Å². The molecule has 4 rings (SSSR count). The number of carbonyl (C=O) groups is 1. The maximum absolute atomic E-state index is 13.1. The minimum Gasteiger partial charge on any atom is -0.497 e. The quantitative estimate of drug-likeness (QED) is 0.354. The topological polar surface area (TPSA) is 159 Å². The van der Waals surface area contributed by atoms with Crippen molar-refractivity contribution in [3.8, 4) is 17.3 Å². The normalized spacial score (nSPS) is 13.8. The lowest BCUT2D eigenvalue weighted by molar-refractivity contribution is 0.0945. The van der Waals surface area contributed by atoms with E-state index < -0.39 is 5.91 Å². The fourth-order valence-corrected chi connectivity index (χ4v) is 3.42. The van der Waals surface area contributed by atoms with Gasteiger partial charge in [-0.05, 0) is 48.4 Å². The van der Waals surface area contributed by atoms with Crippen LogP contribution in [-0.2, 0) is 6.54 Å². The standard InChI is InChI=1S/C19H23N9O4.ClH/c1-30-13-6-5-12(15(9-13)31-2)10-21-23-19(29)16-14(11-27-7-3-4-8-27)22-26-28(16)18-17(20)24-32-25-18;/h5-6,9-10H,3-4,7-8,11H2,1-2H3,(H2,20,24)(H,23,29);1H/b21-10+;. The van der Waals surface area contributed by atoms with E-state index in [1.165, 1.54) is 18.0 Å². The highest BCUT2D eigenvalue weighted by molar-refractivity contribution is 5.95. The summed E-state index contributed by atoms with van der Waals surface area (Å²) in [5.74, 6) is 0.725. The van der Waals surface area contributed by atoms with Crippen molar-refractivity contribution in [3.05, 3.63) is 35.2 Å². The van der Waals surface area contributed by atoms with Crippen LogP contribution in [0.1, 0.15) is 34.6 Å². The summed E-state index contributed by atoms with van der Waals surface area (Å²) in [5.41, 5.74) is 9.58. The van der Waals surface area contributed by atoms with Crippen molar-refractivity contribution in [2.75, 3.05) is 33.0 Å². The van der Waals surface area contributed by atoms with Crippen molar-refractivity contribution in [1.82, 2.24) is 35.6 Å². The van der Waals surface area contributed by atoms with Gasteiger partial charge in [-0.15, -0.1) is 17.5 Å². The Morgan fingerprint density at radius 2 is 2.06 bits per heavy atom. The van der Waals surface area contributed by atoms with E-state index in [-0.39, 0.29) is 29.7 Å². The van der Waals surface area contributed by atoms with Crippen molar-refractivity contribution in [2.45, 2.75) is 19.4 Å². The lowest BCUT2D eigenvalue weighted by Gasteiger charge is -2.13. The van der Waals surface area contributed by atoms with Crippen molar-refractivity contribution >= 4 is 30.3 Å². The zero-order valence-corrected chi connectivity index (χ0v) is 18.9. The van der Waals surface area contributed by atoms with E-state index in [0.717, 1.165) is 25.9 Å². The molecule has 1 aromatic carbocycles. The molecule has 176 valence electrons. The first-order valence-corrected chi connectivity index (χ1v) is 9.91. The second-order valence-corrected chi connectivity index (χ2v) is 7.06. The number of ether oxygens (including phenoxy) is 2. The van der Waals surface area contributed by atoms with E-state index in [2.05, 4.69) is 40.7 Å². The van der Waals surface area contributed by atoms with Gasteiger partial charge in [0.15, 0.2) is 5.69 Å². The molecule has 0 bridgehead atoms. The highest BCUT2D eigenvalue weighted by Crippen LogP contribution is 2.23. The molecule has 1 amide bonds. The maximum Gasteiger partial charge on any atom is 0.292 e. The summed E-state index contributed by atoms with van der Waals surface area (Å²) in [4.78, 5) is 15.3. The van der Waals surface area contributed by atoms with Crippen LogP contribution in [-0.4, -0.2) is 69.6 Å². The molecule has 3 aromatic rings. The number of anilines is 1. The molecule has 0 radical (unpaired) electrons. The third-order valence-electron chi connectivity index (χ3n) is 5.03. The summed E-state index contributed by atoms with van der Waals surface area (Å²) in [6, 6.07) is 5.25. The number of hydrogen-bond acceptors (Lipinski definition) is 11. The number of nitrogens with one attached hydrogen (secondary N) is 1. The second-order valence-electron chi connectivity index (χ2n) is 7.06. The zero-order chi connectivity index (χ0) is 22.5. The highest BCUT2D eigenvalue weighted by Gasteiger charge is 2.26. The van der Waals surface area contributed by atoms with Crippen LogP contribution >= 0.6 is 12.4 Å². The fourth-order valence-electron chi connectivity index (χ4n) is 3.42. The van der Waals surface area contributed by atoms with E-state index in [4.69, 9.17) is 15.2 Å². The minimum absolute atomic E-state index is 0. The minimum atomic E-state index is -0.532. The number of nitrogen functional groups attached to an aromatic ring is 1. The first-order chi connectivity index (χ1) is 15.6. The molecule has 1 fully saturated rings. The second kappa shape index (κ2) is 10.7. The van der Waals surface area contributed by atoms with Crippen molar-refractivity contribution < 1.29 is 18.9 Å². The van der Waals surface area contributed by atoms with Crippen LogP contribution in [0.5, 0.6) is 11.5 Å². The number of aromatic nitrogens is 5. The molecule has 0 atom stereocenters. The van der Waals surface area contributed by atoms with Crippen LogP contribution in [0.3, 0.4) is 0 Å². The summed E-state index contributed by atoms with van der Waals surface area (Å²) in [5, 5.41) is 19.6. The summed E-state index contributed by atoms with van der Waals surface area (Å²) in [6.45, 7) is 2.32. The van der Waals surface area contributed by atoms with E-state index in [1.54, 1.807) is 25.3 Å². The number of carbonyl (C=O) groups excluding carboxylic acids is 1. The van der Waals surface area contributed by atoms with E-state index in [9.17, 15) is 4.79 Å². The molecule has 2 aromatic heterocycles. The smallest absolute Gasteiger partial charge is 0.292 e. The molecular weight excluding hydrogens is 454 g/mol. The predicted octanol–water partition coefficient (Wildman–Crippen LogP) is 1.03. The lowest BCUT2D eigenvalue weighted by atomic mass is 10.2. The third kappa shape index (κ3) is 5.21. The fraction of sp³-hybridized carbons (Fsp3) is 0.368. The number of amides is 1. The molecule has 1 saturated heterocycles. The van der Waals surface area contributed by atoms with Crippen molar-refractivity contribution in [1.29, 1.82) is 0 Å². The Kier molecular flexibility index (Phi) is 7.79. The molecule has 1 aliphatic rings. The number of hydrazone groups is 1. The van der Waals surface area contributed by atoms with Gasteiger partial charge >= 0.3 is 0 Å². The first-order valence-electron chi connectivity index (χ1n) is 9.91. The Morgan fingerprint density at radius 1 is 1.27 bits per heavy atom. The molecule has 3 heterocycles. The summed E-state index contributed by atoms with van der Waals surface area (Å²) in [7, 11) is 3.10. The average Bonchev–Trinajstić information content (AvgIpc) is 3.55. The van der Waals surface area contributed by atoms with Gasteiger partial charge in [-0.25, -0.2) is 10.1 Å². The molecule has 0 saturated carbocycles. The predicted molar refractivity (Wildman–Crippen MR) is 120 cm³/mol. The van der Waals surface area contributed by atoms with Gasteiger partial charge in [-0.3, -0.25) is 9.69 Å². The number of nitrogens with two attached hydrogens (primary N) is 1. The van der Waals surface area contributed by atoms with Gasteiger partial charge in [0.05, 0.1) is 20.4 Å². The maximum atomic E-state index is 13.1. The Bertz CT molecular complexity index is 1120. The van der Waals surface area contributed by atoms with Gasteiger partial charge < -0.3 is 15.2 Å². The van der Waals surface area contributed by atoms with Crippen LogP contribution in [0.2, 0.25) is 0 Å². The van der Waals surface area contributed by atoms with E-state index in [0.29, 0.717) is 29.3 Å². The third-order valence-corrected chi connectivity index (χ3v) is 5.03. The molecule has 13 nitrogen and oxygen atoms in total. The monoisotopic (exact) mass is 477 g/mol. The van der Waals surface area contributed by atoms with Crippen molar-refractivity contribution in [3.63, 3.8) is 0 Å². The number of methoxy groups -OCH3 is 2. The Hall–Kier alpha value is -3.71. The molecule has 0 spiro atoms. The molecule has 0 aliphatic carbocycles. The van der Waals surface area contributed by atoms with Gasteiger partial charge in [0.25, 0.3) is 5.91 Å². The van der Waals surface area contributed by atoms with Gasteiger partial charge in [0.1, 0.15) is 17.2 Å². The largest absolute Gasteiger partial charge is 0.497 e. The van der Waals surface area contributed by atoms with Gasteiger partial charge in [-0.1, -0.05) is 5.21 Å². The van der Waals surface area contributed by atoms with Gasteiger partial charge in [0.2, 0.25) is 11.6 Å². The SMILES string of the molecule is COc1ccc(/C=N/NC(=O)c2c(CN3CCCC3)nnn2-c2nonc2N)c(OC)c1.Cl. The molecule has 14 heteroatoms. The summed E-state index contributed by atoms with van der Waals surface area (Å²) < 4.78 is 16.4. The molecule has 33 heavy (non-hydrogen) atoms. The Balaban J connectivity index is 0.00000306. The number of rotatable bonds is 8. The van der Waals surface area contributed by atoms with Gasteiger partial charge in [0, 0.05) is 18.2 Å². The van der Waals surface area contributed by atoms with E-state index >= 15 is 0 Å². The Labute approximate surface area is 195 Å². The van der Waals surface area contributed by atoms with Crippen molar-refractivity contribution in [2.24, 2.45) is 5.10 Å². The number of halogens is 1. The molecular formula is C19H24ClN9O4. The van der Waals surface area contributed by atoms with Crippen LogP contribution in [0.4, 0.5) is 5.82 Å².